The standard InChI is InChI=1S/C12H13F2IO/c1-10(12(13,14)9-15)7-16-8-11-5-3-2-4-6-11/h2-6H,1,7-9H2. The van der Waals surface area contributed by atoms with E-state index in [0.29, 0.717) is 6.61 Å². The molecule has 0 atom stereocenters. The van der Waals surface area contributed by atoms with E-state index in [1.54, 1.807) is 22.6 Å². The van der Waals surface area contributed by atoms with E-state index in [4.69, 9.17) is 4.74 Å². The van der Waals surface area contributed by atoms with Crippen molar-refractivity contribution in [3.05, 3.63) is 48.0 Å². The fourth-order valence-corrected chi connectivity index (χ4v) is 1.61. The number of rotatable bonds is 6. The second-order valence-corrected chi connectivity index (χ2v) is 4.18. The first-order chi connectivity index (χ1) is 7.56. The van der Waals surface area contributed by atoms with Crippen LogP contribution in [0.4, 0.5) is 8.78 Å². The van der Waals surface area contributed by atoms with Crippen molar-refractivity contribution in [2.45, 2.75) is 12.5 Å². The zero-order valence-corrected chi connectivity index (χ0v) is 10.9. The highest BCUT2D eigenvalue weighted by molar-refractivity contribution is 14.1. The van der Waals surface area contributed by atoms with Crippen LogP contribution < -0.4 is 0 Å². The van der Waals surface area contributed by atoms with E-state index in [2.05, 4.69) is 6.58 Å². The lowest BCUT2D eigenvalue weighted by atomic mass is 10.2. The third-order valence-corrected chi connectivity index (χ3v) is 3.03. The molecule has 1 rings (SSSR count). The molecule has 0 fully saturated rings. The molecule has 0 aliphatic rings. The zero-order valence-electron chi connectivity index (χ0n) is 8.76. The molecule has 0 heterocycles. The minimum Gasteiger partial charge on any atom is -0.372 e. The average Bonchev–Trinajstić information content (AvgIpc) is 2.30. The Balaban J connectivity index is 2.34. The van der Waals surface area contributed by atoms with Gasteiger partial charge in [0.25, 0.3) is 5.92 Å². The Morgan fingerprint density at radius 3 is 2.50 bits per heavy atom. The molecule has 1 aromatic carbocycles. The average molecular weight is 338 g/mol. The Hall–Kier alpha value is -0.490. The monoisotopic (exact) mass is 338 g/mol. The summed E-state index contributed by atoms with van der Waals surface area (Å²) < 4.78 is 31.1. The molecule has 0 radical (unpaired) electrons. The normalized spacial score (nSPS) is 11.4. The summed E-state index contributed by atoms with van der Waals surface area (Å²) in [6.07, 6.45) is 0. The van der Waals surface area contributed by atoms with E-state index in [-0.39, 0.29) is 16.6 Å². The van der Waals surface area contributed by atoms with Gasteiger partial charge in [0, 0.05) is 5.57 Å². The SMILES string of the molecule is C=C(COCc1ccccc1)C(F)(F)CI. The smallest absolute Gasteiger partial charge is 0.280 e. The molecule has 1 aromatic rings. The van der Waals surface area contributed by atoms with E-state index in [1.165, 1.54) is 0 Å². The molecule has 0 bridgehead atoms. The molecule has 0 unspecified atom stereocenters. The van der Waals surface area contributed by atoms with Crippen molar-refractivity contribution >= 4 is 22.6 Å². The molecule has 4 heteroatoms. The number of halogens is 3. The molecular formula is C12H13F2IO. The Morgan fingerprint density at radius 2 is 1.94 bits per heavy atom. The van der Waals surface area contributed by atoms with Crippen molar-refractivity contribution in [1.82, 2.24) is 0 Å². The van der Waals surface area contributed by atoms with Crippen molar-refractivity contribution in [2.24, 2.45) is 0 Å². The quantitative estimate of drug-likeness (QED) is 0.435. The van der Waals surface area contributed by atoms with Gasteiger partial charge in [0.05, 0.1) is 17.6 Å². The summed E-state index contributed by atoms with van der Waals surface area (Å²) in [5.41, 5.74) is 0.797. The number of ether oxygens (including phenoxy) is 1. The molecule has 0 amide bonds. The van der Waals surface area contributed by atoms with Gasteiger partial charge in [0.15, 0.2) is 0 Å². The Bertz CT molecular complexity index is 338. The zero-order chi connectivity index (χ0) is 12.0. The van der Waals surface area contributed by atoms with Crippen LogP contribution in [0.3, 0.4) is 0 Å². The summed E-state index contributed by atoms with van der Waals surface area (Å²) in [6.45, 7) is 3.57. The van der Waals surface area contributed by atoms with Gasteiger partial charge in [-0.3, -0.25) is 0 Å². The van der Waals surface area contributed by atoms with Crippen LogP contribution in [0.15, 0.2) is 42.5 Å². The largest absolute Gasteiger partial charge is 0.372 e. The van der Waals surface area contributed by atoms with Crippen LogP contribution in [0.2, 0.25) is 0 Å². The third kappa shape index (κ3) is 4.17. The van der Waals surface area contributed by atoms with Gasteiger partial charge < -0.3 is 4.74 Å². The highest BCUT2D eigenvalue weighted by Gasteiger charge is 2.30. The first-order valence-electron chi connectivity index (χ1n) is 4.80. The maximum atomic E-state index is 13.1. The molecule has 0 saturated carbocycles. The fourth-order valence-electron chi connectivity index (χ4n) is 1.07. The van der Waals surface area contributed by atoms with Gasteiger partial charge in [-0.2, -0.15) is 0 Å². The van der Waals surface area contributed by atoms with Crippen molar-refractivity contribution in [1.29, 1.82) is 0 Å². The lowest BCUT2D eigenvalue weighted by molar-refractivity contribution is 0.0424. The lowest BCUT2D eigenvalue weighted by Gasteiger charge is -2.16. The molecule has 0 aliphatic heterocycles. The van der Waals surface area contributed by atoms with E-state index in [9.17, 15) is 8.78 Å². The topological polar surface area (TPSA) is 9.23 Å². The van der Waals surface area contributed by atoms with Crippen molar-refractivity contribution < 1.29 is 13.5 Å². The molecule has 16 heavy (non-hydrogen) atoms. The van der Waals surface area contributed by atoms with Gasteiger partial charge in [-0.1, -0.05) is 59.5 Å². The second kappa shape index (κ2) is 6.30. The predicted molar refractivity (Wildman–Crippen MR) is 69.1 cm³/mol. The maximum Gasteiger partial charge on any atom is 0.280 e. The van der Waals surface area contributed by atoms with Gasteiger partial charge in [-0.15, -0.1) is 0 Å². The number of alkyl halides is 3. The van der Waals surface area contributed by atoms with Crippen molar-refractivity contribution in [3.8, 4) is 0 Å². The molecular weight excluding hydrogens is 325 g/mol. The van der Waals surface area contributed by atoms with E-state index in [0.717, 1.165) is 5.56 Å². The van der Waals surface area contributed by atoms with Crippen LogP contribution >= 0.6 is 22.6 Å². The van der Waals surface area contributed by atoms with Crippen LogP contribution in [0.25, 0.3) is 0 Å². The van der Waals surface area contributed by atoms with Gasteiger partial charge in [0.2, 0.25) is 0 Å². The highest BCUT2D eigenvalue weighted by atomic mass is 127. The Morgan fingerprint density at radius 1 is 1.31 bits per heavy atom. The second-order valence-electron chi connectivity index (χ2n) is 3.42. The van der Waals surface area contributed by atoms with Crippen LogP contribution in [0.1, 0.15) is 5.56 Å². The lowest BCUT2D eigenvalue weighted by Crippen LogP contribution is -2.23. The minimum atomic E-state index is -2.84. The highest BCUT2D eigenvalue weighted by Crippen LogP contribution is 2.25. The fraction of sp³-hybridized carbons (Fsp3) is 0.333. The van der Waals surface area contributed by atoms with E-state index in [1.807, 2.05) is 30.3 Å². The van der Waals surface area contributed by atoms with Crippen LogP contribution in [0, 0.1) is 0 Å². The summed E-state index contributed by atoms with van der Waals surface area (Å²) in [7, 11) is 0. The summed E-state index contributed by atoms with van der Waals surface area (Å²) in [4.78, 5) is 0. The summed E-state index contributed by atoms with van der Waals surface area (Å²) >= 11 is 1.64. The molecule has 88 valence electrons. The predicted octanol–water partition coefficient (Wildman–Crippen LogP) is 3.83. The van der Waals surface area contributed by atoms with Gasteiger partial charge >= 0.3 is 0 Å². The third-order valence-electron chi connectivity index (χ3n) is 2.07. The Kier molecular flexibility index (Phi) is 5.34. The van der Waals surface area contributed by atoms with Crippen molar-refractivity contribution in [2.75, 3.05) is 11.0 Å². The number of benzene rings is 1. The van der Waals surface area contributed by atoms with E-state index >= 15 is 0 Å². The molecule has 0 aromatic heterocycles. The van der Waals surface area contributed by atoms with Gasteiger partial charge in [0.1, 0.15) is 0 Å². The summed E-state index contributed by atoms with van der Waals surface area (Å²) in [6, 6.07) is 9.44. The first-order valence-corrected chi connectivity index (χ1v) is 6.32. The van der Waals surface area contributed by atoms with Gasteiger partial charge in [-0.25, -0.2) is 8.78 Å². The van der Waals surface area contributed by atoms with Gasteiger partial charge in [-0.05, 0) is 5.56 Å². The Labute approximate surface area is 108 Å². The van der Waals surface area contributed by atoms with Crippen molar-refractivity contribution in [3.63, 3.8) is 0 Å². The molecule has 1 nitrogen and oxygen atoms in total. The maximum absolute atomic E-state index is 13.1. The molecule has 0 saturated heterocycles. The molecule has 0 spiro atoms. The summed E-state index contributed by atoms with van der Waals surface area (Å²) in [5.74, 6) is -2.84. The number of hydrogen-bond acceptors (Lipinski definition) is 1. The number of hydrogen-bond donors (Lipinski definition) is 0. The van der Waals surface area contributed by atoms with Crippen LogP contribution in [-0.4, -0.2) is 17.0 Å². The van der Waals surface area contributed by atoms with E-state index < -0.39 is 5.92 Å². The molecule has 0 N–H and O–H groups in total. The minimum absolute atomic E-state index is 0.106. The molecule has 0 aliphatic carbocycles. The first kappa shape index (κ1) is 13.6. The van der Waals surface area contributed by atoms with Crippen LogP contribution in [0.5, 0.6) is 0 Å². The summed E-state index contributed by atoms with van der Waals surface area (Å²) in [5, 5.41) is 0. The van der Waals surface area contributed by atoms with Crippen LogP contribution in [-0.2, 0) is 11.3 Å².